The Morgan fingerprint density at radius 1 is 1.16 bits per heavy atom. The first-order valence-electron chi connectivity index (χ1n) is 9.53. The zero-order valence-electron chi connectivity index (χ0n) is 16.7. The number of rotatable bonds is 7. The van der Waals surface area contributed by atoms with Crippen molar-refractivity contribution in [3.63, 3.8) is 0 Å². The van der Waals surface area contributed by atoms with Crippen molar-refractivity contribution in [3.05, 3.63) is 46.1 Å². The second-order valence-corrected chi connectivity index (χ2v) is 10.1. The van der Waals surface area contributed by atoms with Gasteiger partial charge in [-0.25, -0.2) is 17.6 Å². The van der Waals surface area contributed by atoms with Crippen molar-refractivity contribution in [2.75, 3.05) is 18.2 Å². The van der Waals surface area contributed by atoms with E-state index < -0.39 is 33.6 Å². The van der Waals surface area contributed by atoms with Gasteiger partial charge in [-0.05, 0) is 55.5 Å². The molecular formula is C20H21FN2O6S2. The lowest BCUT2D eigenvalue weighted by molar-refractivity contribution is -0.116. The molecule has 0 saturated carbocycles. The molecule has 0 saturated heterocycles. The molecule has 1 aromatic heterocycles. The third-order valence-corrected chi connectivity index (χ3v) is 7.82. The summed E-state index contributed by atoms with van der Waals surface area (Å²) < 4.78 is 42.0. The number of aryl methyl sites for hydroxylation is 1. The number of carbonyl (C=O) groups is 3. The number of benzene rings is 1. The molecule has 0 radical (unpaired) electrons. The Hall–Kier alpha value is -2.79. The fraction of sp³-hybridized carbons (Fsp3) is 0.350. The summed E-state index contributed by atoms with van der Waals surface area (Å²) in [6.45, 7) is 0. The van der Waals surface area contributed by atoms with Gasteiger partial charge in [-0.2, -0.15) is 0 Å². The van der Waals surface area contributed by atoms with Crippen LogP contribution >= 0.6 is 11.3 Å². The van der Waals surface area contributed by atoms with E-state index in [0.717, 1.165) is 42.5 Å². The highest BCUT2D eigenvalue weighted by Crippen LogP contribution is 2.39. The number of imide groups is 1. The van der Waals surface area contributed by atoms with Crippen LogP contribution in [0.1, 0.15) is 40.1 Å². The van der Waals surface area contributed by atoms with Gasteiger partial charge in [0.05, 0.1) is 23.3 Å². The van der Waals surface area contributed by atoms with Crippen molar-refractivity contribution in [1.29, 1.82) is 0 Å². The summed E-state index contributed by atoms with van der Waals surface area (Å²) >= 11 is 1.28. The Labute approximate surface area is 182 Å². The summed E-state index contributed by atoms with van der Waals surface area (Å²) in [4.78, 5) is 37.3. The van der Waals surface area contributed by atoms with Crippen molar-refractivity contribution in [1.82, 2.24) is 5.32 Å². The molecule has 3 amide bonds. The first kappa shape index (κ1) is 22.9. The minimum Gasteiger partial charge on any atom is -0.453 e. The molecule has 0 aliphatic heterocycles. The van der Waals surface area contributed by atoms with Crippen LogP contribution in [0, 0.1) is 5.82 Å². The van der Waals surface area contributed by atoms with Crippen molar-refractivity contribution < 1.29 is 31.9 Å². The molecule has 0 fully saturated rings. The molecule has 1 heterocycles. The van der Waals surface area contributed by atoms with E-state index in [1.807, 2.05) is 0 Å². The van der Waals surface area contributed by atoms with E-state index in [1.165, 1.54) is 23.5 Å². The molecule has 1 aliphatic rings. The van der Waals surface area contributed by atoms with Gasteiger partial charge in [0.25, 0.3) is 5.91 Å². The molecule has 3 rings (SSSR count). The predicted molar refractivity (Wildman–Crippen MR) is 113 cm³/mol. The number of hydrogen-bond acceptors (Lipinski definition) is 7. The Bertz CT molecular complexity index is 1110. The van der Waals surface area contributed by atoms with Crippen molar-refractivity contribution in [2.24, 2.45) is 0 Å². The minimum atomic E-state index is -3.64. The van der Waals surface area contributed by atoms with Crippen LogP contribution in [0.4, 0.5) is 14.2 Å². The van der Waals surface area contributed by atoms with Gasteiger partial charge in [0.15, 0.2) is 9.84 Å². The lowest BCUT2D eigenvalue weighted by atomic mass is 10.1. The molecule has 1 aliphatic carbocycles. The zero-order valence-corrected chi connectivity index (χ0v) is 18.3. The van der Waals surface area contributed by atoms with Gasteiger partial charge in [-0.15, -0.1) is 11.3 Å². The maximum atomic E-state index is 13.0. The molecule has 0 atom stereocenters. The fourth-order valence-corrected chi connectivity index (χ4v) is 5.92. The molecule has 1 aromatic carbocycles. The van der Waals surface area contributed by atoms with Crippen LogP contribution in [0.3, 0.4) is 0 Å². The van der Waals surface area contributed by atoms with E-state index in [0.29, 0.717) is 11.4 Å². The number of thiophene rings is 1. The second-order valence-electron chi connectivity index (χ2n) is 6.93. The molecule has 0 spiro atoms. The van der Waals surface area contributed by atoms with Crippen LogP contribution in [-0.4, -0.2) is 39.2 Å². The number of halogens is 1. The van der Waals surface area contributed by atoms with Crippen LogP contribution in [0.15, 0.2) is 29.2 Å². The number of carbonyl (C=O) groups excluding carboxylic acids is 3. The van der Waals surface area contributed by atoms with E-state index in [2.05, 4.69) is 15.4 Å². The predicted octanol–water partition coefficient (Wildman–Crippen LogP) is 3.06. The zero-order chi connectivity index (χ0) is 22.6. The Kier molecular flexibility index (Phi) is 7.06. The number of amides is 3. The lowest BCUT2D eigenvalue weighted by Gasteiger charge is -2.09. The van der Waals surface area contributed by atoms with Gasteiger partial charge < -0.3 is 10.1 Å². The van der Waals surface area contributed by atoms with Crippen LogP contribution in [0.5, 0.6) is 0 Å². The first-order chi connectivity index (χ1) is 14.7. The maximum absolute atomic E-state index is 13.0. The molecule has 2 N–H and O–H groups in total. The average Bonchev–Trinajstić information content (AvgIpc) is 3.28. The number of alkyl carbamates (subject to hydrolysis) is 1. The standard InChI is InChI=1S/C20H21FN2O6S2/c1-29-20(26)23-18(25)17-14-4-2-5-15(14)30-19(17)22-16(24)6-3-11-31(27,28)13-9-7-12(21)8-10-13/h7-10H,2-6,11H2,1H3,(H,22,24)(H,23,25,26). The Morgan fingerprint density at radius 3 is 2.55 bits per heavy atom. The van der Waals surface area contributed by atoms with E-state index >= 15 is 0 Å². The summed E-state index contributed by atoms with van der Waals surface area (Å²) in [7, 11) is -2.50. The first-order valence-corrected chi connectivity index (χ1v) is 12.0. The molecule has 8 nitrogen and oxygen atoms in total. The number of methoxy groups -OCH3 is 1. The monoisotopic (exact) mass is 468 g/mol. The van der Waals surface area contributed by atoms with Crippen molar-refractivity contribution in [2.45, 2.75) is 37.0 Å². The third-order valence-electron chi connectivity index (χ3n) is 4.79. The highest BCUT2D eigenvalue weighted by Gasteiger charge is 2.28. The molecular weight excluding hydrogens is 447 g/mol. The van der Waals surface area contributed by atoms with Crippen molar-refractivity contribution >= 4 is 44.1 Å². The highest BCUT2D eigenvalue weighted by molar-refractivity contribution is 7.91. The quantitative estimate of drug-likeness (QED) is 0.603. The molecule has 0 bridgehead atoms. The number of anilines is 1. The van der Waals surface area contributed by atoms with E-state index in [1.54, 1.807) is 0 Å². The van der Waals surface area contributed by atoms with E-state index in [-0.39, 0.29) is 29.1 Å². The van der Waals surface area contributed by atoms with Crippen LogP contribution in [0.25, 0.3) is 0 Å². The summed E-state index contributed by atoms with van der Waals surface area (Å²) in [5.41, 5.74) is 1.05. The number of nitrogens with one attached hydrogen (secondary N) is 2. The number of sulfone groups is 1. The normalized spacial score (nSPS) is 12.8. The second kappa shape index (κ2) is 9.56. The van der Waals surface area contributed by atoms with Gasteiger partial charge in [0.2, 0.25) is 5.91 Å². The molecule has 2 aromatic rings. The Morgan fingerprint density at radius 2 is 1.87 bits per heavy atom. The van der Waals surface area contributed by atoms with Crippen LogP contribution in [0.2, 0.25) is 0 Å². The van der Waals surface area contributed by atoms with Gasteiger partial charge >= 0.3 is 6.09 Å². The summed E-state index contributed by atoms with van der Waals surface area (Å²) in [6.07, 6.45) is 1.41. The maximum Gasteiger partial charge on any atom is 0.413 e. The minimum absolute atomic E-state index is 0.00856. The Balaban J connectivity index is 1.63. The molecule has 0 unspecified atom stereocenters. The lowest BCUT2D eigenvalue weighted by Crippen LogP contribution is -2.31. The third kappa shape index (κ3) is 5.47. The smallest absolute Gasteiger partial charge is 0.413 e. The molecule has 11 heteroatoms. The average molecular weight is 469 g/mol. The molecule has 166 valence electrons. The van der Waals surface area contributed by atoms with Crippen LogP contribution in [-0.2, 0) is 32.2 Å². The summed E-state index contributed by atoms with van der Waals surface area (Å²) in [6, 6.07) is 4.50. The number of fused-ring (bicyclic) bond motifs is 1. The van der Waals surface area contributed by atoms with Gasteiger partial charge in [-0.3, -0.25) is 14.9 Å². The van der Waals surface area contributed by atoms with Crippen molar-refractivity contribution in [3.8, 4) is 0 Å². The van der Waals surface area contributed by atoms with E-state index in [4.69, 9.17) is 0 Å². The fourth-order valence-electron chi connectivity index (χ4n) is 3.31. The topological polar surface area (TPSA) is 119 Å². The molecule has 31 heavy (non-hydrogen) atoms. The SMILES string of the molecule is COC(=O)NC(=O)c1c(NC(=O)CCCS(=O)(=O)c2ccc(F)cc2)sc2c1CCC2. The largest absolute Gasteiger partial charge is 0.453 e. The van der Waals surface area contributed by atoms with Crippen LogP contribution < -0.4 is 10.6 Å². The van der Waals surface area contributed by atoms with E-state index in [9.17, 15) is 27.2 Å². The number of ether oxygens (including phenoxy) is 1. The van der Waals surface area contributed by atoms with Gasteiger partial charge in [0.1, 0.15) is 10.8 Å². The summed E-state index contributed by atoms with van der Waals surface area (Å²) in [5, 5.41) is 5.11. The number of hydrogen-bond donors (Lipinski definition) is 2. The highest BCUT2D eigenvalue weighted by atomic mass is 32.2. The summed E-state index contributed by atoms with van der Waals surface area (Å²) in [5.74, 6) is -1.90. The van der Waals surface area contributed by atoms with Gasteiger partial charge in [-0.1, -0.05) is 0 Å². The van der Waals surface area contributed by atoms with Gasteiger partial charge in [0, 0.05) is 11.3 Å².